The molecule has 0 amide bonds. The molecule has 0 bridgehead atoms. The monoisotopic (exact) mass is 214 g/mol. The highest BCUT2D eigenvalue weighted by Gasteiger charge is 1.84. The summed E-state index contributed by atoms with van der Waals surface area (Å²) in [4.78, 5) is 0. The van der Waals surface area contributed by atoms with E-state index in [4.69, 9.17) is 5.73 Å². The van der Waals surface area contributed by atoms with Gasteiger partial charge in [-0.05, 0) is 18.3 Å². The van der Waals surface area contributed by atoms with Crippen molar-refractivity contribution in [2.24, 2.45) is 5.73 Å². The van der Waals surface area contributed by atoms with Crippen molar-refractivity contribution in [3.8, 4) is 0 Å². The smallest absolute Gasteiger partial charge is 0.0395 e. The summed E-state index contributed by atoms with van der Waals surface area (Å²) in [6.45, 7) is 7.08. The van der Waals surface area contributed by atoms with Crippen LogP contribution in [-0.2, 0) is 6.54 Å². The Morgan fingerprint density at radius 3 is 2.29 bits per heavy atom. The maximum absolute atomic E-state index is 4.85. The minimum atomic E-state index is 0. The second-order valence-corrected chi connectivity index (χ2v) is 2.48. The van der Waals surface area contributed by atoms with Crippen LogP contribution in [0.2, 0.25) is 0 Å². The van der Waals surface area contributed by atoms with Gasteiger partial charge in [0.05, 0.1) is 0 Å². The molecule has 80 valence electrons. The first-order valence-corrected chi connectivity index (χ1v) is 4.43. The molecule has 0 aliphatic carbocycles. The van der Waals surface area contributed by atoms with E-state index < -0.39 is 0 Å². The molecule has 1 rings (SSSR count). The van der Waals surface area contributed by atoms with Crippen molar-refractivity contribution in [3.05, 3.63) is 48.7 Å². The summed E-state index contributed by atoms with van der Waals surface area (Å²) in [6.07, 6.45) is 1.70. The fourth-order valence-corrected chi connectivity index (χ4v) is 0.786. The van der Waals surface area contributed by atoms with Gasteiger partial charge in [0, 0.05) is 6.54 Å². The Balaban J connectivity index is 0. The SMILES string of the molecule is C=CNCc1ccccc1.CCN.Cl. The van der Waals surface area contributed by atoms with Crippen molar-refractivity contribution < 1.29 is 0 Å². The Hall–Kier alpha value is -0.990. The maximum atomic E-state index is 4.85. The Labute approximate surface area is 92.6 Å². The predicted octanol–water partition coefficient (Wildman–Crippen LogP) is 2.31. The summed E-state index contributed by atoms with van der Waals surface area (Å²) in [5, 5.41) is 3.03. The number of hydrogen-bond acceptors (Lipinski definition) is 2. The normalized spacial score (nSPS) is 7.57. The minimum Gasteiger partial charge on any atom is -0.387 e. The number of benzene rings is 1. The third-order valence-corrected chi connectivity index (χ3v) is 1.29. The van der Waals surface area contributed by atoms with E-state index in [1.54, 1.807) is 6.20 Å². The third kappa shape index (κ3) is 9.10. The van der Waals surface area contributed by atoms with Gasteiger partial charge in [0.15, 0.2) is 0 Å². The van der Waals surface area contributed by atoms with Gasteiger partial charge in [-0.15, -0.1) is 12.4 Å². The van der Waals surface area contributed by atoms with Gasteiger partial charge in [-0.1, -0.05) is 43.8 Å². The predicted molar refractivity (Wildman–Crippen MR) is 65.5 cm³/mol. The van der Waals surface area contributed by atoms with Crippen LogP contribution in [-0.4, -0.2) is 6.54 Å². The lowest BCUT2D eigenvalue weighted by Crippen LogP contribution is -2.02. The van der Waals surface area contributed by atoms with E-state index in [0.717, 1.165) is 13.1 Å². The zero-order chi connectivity index (χ0) is 9.94. The first kappa shape index (κ1) is 15.5. The standard InChI is InChI=1S/C9H11N.C2H7N.ClH/c1-2-10-8-9-6-4-3-5-7-9;1-2-3;/h2-7,10H,1,8H2;2-3H2,1H3;1H. The fraction of sp³-hybridized carbons (Fsp3) is 0.273. The zero-order valence-electron chi connectivity index (χ0n) is 8.57. The van der Waals surface area contributed by atoms with Gasteiger partial charge in [-0.2, -0.15) is 0 Å². The van der Waals surface area contributed by atoms with E-state index in [1.807, 2.05) is 25.1 Å². The van der Waals surface area contributed by atoms with E-state index in [0.29, 0.717) is 0 Å². The van der Waals surface area contributed by atoms with Gasteiger partial charge in [-0.3, -0.25) is 0 Å². The lowest BCUT2D eigenvalue weighted by Gasteiger charge is -1.98. The molecule has 0 aliphatic heterocycles. The van der Waals surface area contributed by atoms with Crippen LogP contribution in [0.3, 0.4) is 0 Å². The van der Waals surface area contributed by atoms with Crippen LogP contribution in [0, 0.1) is 0 Å². The molecule has 0 fully saturated rings. The fourth-order valence-electron chi connectivity index (χ4n) is 0.786. The molecular weight excluding hydrogens is 196 g/mol. The second kappa shape index (κ2) is 12.0. The highest BCUT2D eigenvalue weighted by atomic mass is 35.5. The summed E-state index contributed by atoms with van der Waals surface area (Å²) in [6, 6.07) is 10.2. The molecule has 0 saturated carbocycles. The molecule has 1 aromatic carbocycles. The summed E-state index contributed by atoms with van der Waals surface area (Å²) in [5.41, 5.74) is 6.13. The van der Waals surface area contributed by atoms with Gasteiger partial charge in [-0.25, -0.2) is 0 Å². The molecular formula is C11H19ClN2. The molecule has 3 N–H and O–H groups in total. The van der Waals surface area contributed by atoms with Crippen molar-refractivity contribution in [3.63, 3.8) is 0 Å². The van der Waals surface area contributed by atoms with Crippen LogP contribution in [0.15, 0.2) is 43.1 Å². The summed E-state index contributed by atoms with van der Waals surface area (Å²) < 4.78 is 0. The highest BCUT2D eigenvalue weighted by molar-refractivity contribution is 5.85. The molecule has 0 saturated heterocycles. The molecule has 3 heteroatoms. The molecule has 0 radical (unpaired) electrons. The van der Waals surface area contributed by atoms with Crippen LogP contribution >= 0.6 is 12.4 Å². The molecule has 0 unspecified atom stereocenters. The molecule has 1 aromatic rings. The lowest BCUT2D eigenvalue weighted by molar-refractivity contribution is 0.872. The maximum Gasteiger partial charge on any atom is 0.0395 e. The second-order valence-electron chi connectivity index (χ2n) is 2.48. The first-order valence-electron chi connectivity index (χ1n) is 4.43. The van der Waals surface area contributed by atoms with Gasteiger partial charge >= 0.3 is 0 Å². The highest BCUT2D eigenvalue weighted by Crippen LogP contribution is 1.96. The largest absolute Gasteiger partial charge is 0.387 e. The minimum absolute atomic E-state index is 0. The molecule has 0 atom stereocenters. The summed E-state index contributed by atoms with van der Waals surface area (Å²) >= 11 is 0. The van der Waals surface area contributed by atoms with Gasteiger partial charge in [0.1, 0.15) is 0 Å². The van der Waals surface area contributed by atoms with E-state index in [1.165, 1.54) is 5.56 Å². The lowest BCUT2D eigenvalue weighted by atomic mass is 10.2. The summed E-state index contributed by atoms with van der Waals surface area (Å²) in [5.74, 6) is 0. The van der Waals surface area contributed by atoms with Crippen LogP contribution in [0.25, 0.3) is 0 Å². The van der Waals surface area contributed by atoms with E-state index in [9.17, 15) is 0 Å². The van der Waals surface area contributed by atoms with Crippen LogP contribution < -0.4 is 11.1 Å². The van der Waals surface area contributed by atoms with E-state index in [-0.39, 0.29) is 12.4 Å². The van der Waals surface area contributed by atoms with Crippen molar-refractivity contribution in [1.82, 2.24) is 5.32 Å². The molecule has 14 heavy (non-hydrogen) atoms. The van der Waals surface area contributed by atoms with E-state index >= 15 is 0 Å². The molecule has 0 aromatic heterocycles. The number of nitrogens with two attached hydrogens (primary N) is 1. The Kier molecular flexibility index (Phi) is 13.3. The van der Waals surface area contributed by atoms with Crippen molar-refractivity contribution in [1.29, 1.82) is 0 Å². The molecule has 0 heterocycles. The topological polar surface area (TPSA) is 38.0 Å². The quantitative estimate of drug-likeness (QED) is 0.811. The Morgan fingerprint density at radius 2 is 1.86 bits per heavy atom. The average Bonchev–Trinajstić information content (AvgIpc) is 2.18. The summed E-state index contributed by atoms with van der Waals surface area (Å²) in [7, 11) is 0. The van der Waals surface area contributed by atoms with Crippen LogP contribution in [0.1, 0.15) is 12.5 Å². The van der Waals surface area contributed by atoms with Crippen LogP contribution in [0.4, 0.5) is 0 Å². The number of rotatable bonds is 3. The molecule has 0 aliphatic rings. The number of halogens is 1. The Bertz CT molecular complexity index is 212. The molecule has 2 nitrogen and oxygen atoms in total. The van der Waals surface area contributed by atoms with Crippen LogP contribution in [0.5, 0.6) is 0 Å². The van der Waals surface area contributed by atoms with Gasteiger partial charge in [0.25, 0.3) is 0 Å². The number of nitrogens with one attached hydrogen (secondary N) is 1. The third-order valence-electron chi connectivity index (χ3n) is 1.29. The molecule has 0 spiro atoms. The van der Waals surface area contributed by atoms with Gasteiger partial charge in [0.2, 0.25) is 0 Å². The number of hydrogen-bond donors (Lipinski definition) is 2. The Morgan fingerprint density at radius 1 is 1.36 bits per heavy atom. The van der Waals surface area contributed by atoms with Crippen molar-refractivity contribution >= 4 is 12.4 Å². The van der Waals surface area contributed by atoms with Crippen molar-refractivity contribution in [2.45, 2.75) is 13.5 Å². The first-order chi connectivity index (χ1) is 6.35. The average molecular weight is 215 g/mol. The zero-order valence-corrected chi connectivity index (χ0v) is 9.39. The van der Waals surface area contributed by atoms with Crippen molar-refractivity contribution in [2.75, 3.05) is 6.54 Å². The van der Waals surface area contributed by atoms with Gasteiger partial charge < -0.3 is 11.1 Å². The van der Waals surface area contributed by atoms with E-state index in [2.05, 4.69) is 24.0 Å².